The van der Waals surface area contributed by atoms with Gasteiger partial charge in [-0.2, -0.15) is 13.2 Å². The summed E-state index contributed by atoms with van der Waals surface area (Å²) in [6.45, 7) is 5.33. The first-order valence-electron chi connectivity index (χ1n) is 5.83. The van der Waals surface area contributed by atoms with Crippen LogP contribution in [0, 0.1) is 12.3 Å². The van der Waals surface area contributed by atoms with Crippen LogP contribution in [0.5, 0.6) is 0 Å². The molecule has 19 heavy (non-hydrogen) atoms. The van der Waals surface area contributed by atoms with Gasteiger partial charge < -0.3 is 5.32 Å². The zero-order valence-electron chi connectivity index (χ0n) is 10.8. The number of rotatable bonds is 2. The fourth-order valence-corrected chi connectivity index (χ4v) is 1.75. The van der Waals surface area contributed by atoms with Crippen molar-refractivity contribution in [1.82, 2.24) is 15.3 Å². The van der Waals surface area contributed by atoms with E-state index in [4.69, 9.17) is 0 Å². The molecule has 1 aromatic heterocycles. The fourth-order valence-electron chi connectivity index (χ4n) is 1.75. The standard InChI is InChI=1S/C12H14F3N3O/c1-6-4-7(12(13,14)15)17-9(16-6)10(19)18-8-5-11(8,2)3/h4,8H,5H2,1-3H3,(H,18,19)/t8-/m0/s1. The molecule has 0 unspecified atom stereocenters. The zero-order valence-corrected chi connectivity index (χ0v) is 10.8. The second kappa shape index (κ2) is 4.18. The Kier molecular flexibility index (Phi) is 3.03. The molecule has 7 heteroatoms. The third-order valence-corrected chi connectivity index (χ3v) is 3.17. The number of hydrogen-bond acceptors (Lipinski definition) is 3. The molecule has 0 bridgehead atoms. The predicted octanol–water partition coefficient (Wildman–Crippen LogP) is 2.33. The van der Waals surface area contributed by atoms with Gasteiger partial charge in [-0.25, -0.2) is 9.97 Å². The number of aryl methyl sites for hydroxylation is 1. The lowest BCUT2D eigenvalue weighted by atomic mass is 10.2. The van der Waals surface area contributed by atoms with E-state index in [1.165, 1.54) is 6.92 Å². The van der Waals surface area contributed by atoms with Gasteiger partial charge in [0.2, 0.25) is 5.82 Å². The van der Waals surface area contributed by atoms with Gasteiger partial charge in [-0.15, -0.1) is 0 Å². The summed E-state index contributed by atoms with van der Waals surface area (Å²) in [7, 11) is 0. The topological polar surface area (TPSA) is 54.9 Å². The Morgan fingerprint density at radius 2 is 2.00 bits per heavy atom. The molecule has 1 aliphatic rings. The van der Waals surface area contributed by atoms with Gasteiger partial charge in [-0.3, -0.25) is 4.79 Å². The first-order chi connectivity index (χ1) is 8.59. The second-order valence-electron chi connectivity index (χ2n) is 5.43. The van der Waals surface area contributed by atoms with Gasteiger partial charge in [0.05, 0.1) is 0 Å². The highest BCUT2D eigenvalue weighted by Gasteiger charge is 2.47. The van der Waals surface area contributed by atoms with Crippen molar-refractivity contribution in [2.45, 2.75) is 39.4 Å². The molecule has 0 saturated heterocycles. The summed E-state index contributed by atoms with van der Waals surface area (Å²) in [5.74, 6) is -1.10. The van der Waals surface area contributed by atoms with Crippen LogP contribution in [0.25, 0.3) is 0 Å². The Morgan fingerprint density at radius 3 is 2.47 bits per heavy atom. The smallest absolute Gasteiger partial charge is 0.346 e. The molecule has 0 radical (unpaired) electrons. The van der Waals surface area contributed by atoms with E-state index in [2.05, 4.69) is 15.3 Å². The van der Waals surface area contributed by atoms with Crippen molar-refractivity contribution >= 4 is 5.91 Å². The quantitative estimate of drug-likeness (QED) is 0.899. The van der Waals surface area contributed by atoms with Crippen LogP contribution >= 0.6 is 0 Å². The highest BCUT2D eigenvalue weighted by atomic mass is 19.4. The molecule has 0 spiro atoms. The maximum Gasteiger partial charge on any atom is 0.433 e. The van der Waals surface area contributed by atoms with E-state index in [0.29, 0.717) is 0 Å². The van der Waals surface area contributed by atoms with Crippen LogP contribution in [0.2, 0.25) is 0 Å². The molecular formula is C12H14F3N3O. The fraction of sp³-hybridized carbons (Fsp3) is 0.583. The molecule has 1 N–H and O–H groups in total. The minimum Gasteiger partial charge on any atom is -0.346 e. The molecule has 1 amide bonds. The maximum absolute atomic E-state index is 12.6. The van der Waals surface area contributed by atoms with E-state index < -0.39 is 23.6 Å². The summed E-state index contributed by atoms with van der Waals surface area (Å²) in [6.07, 6.45) is -3.78. The van der Waals surface area contributed by atoms with Gasteiger partial charge in [0, 0.05) is 11.7 Å². The molecule has 1 saturated carbocycles. The molecule has 2 rings (SSSR count). The predicted molar refractivity (Wildman–Crippen MR) is 61.4 cm³/mol. The molecule has 1 aliphatic carbocycles. The Bertz CT molecular complexity index is 525. The van der Waals surface area contributed by atoms with Gasteiger partial charge in [-0.05, 0) is 24.8 Å². The Balaban J connectivity index is 2.20. The van der Waals surface area contributed by atoms with Crippen molar-refractivity contribution in [3.05, 3.63) is 23.3 Å². The van der Waals surface area contributed by atoms with Gasteiger partial charge in [-0.1, -0.05) is 13.8 Å². The number of nitrogens with zero attached hydrogens (tertiary/aromatic N) is 2. The molecular weight excluding hydrogens is 259 g/mol. The molecule has 104 valence electrons. The number of halogens is 3. The average Bonchev–Trinajstić information content (AvgIpc) is 2.83. The number of aromatic nitrogens is 2. The number of carbonyl (C=O) groups excluding carboxylic acids is 1. The lowest BCUT2D eigenvalue weighted by molar-refractivity contribution is -0.141. The average molecular weight is 273 g/mol. The summed E-state index contributed by atoms with van der Waals surface area (Å²) in [5.41, 5.74) is -0.991. The van der Waals surface area contributed by atoms with Gasteiger partial charge in [0.15, 0.2) is 0 Å². The minimum atomic E-state index is -4.58. The van der Waals surface area contributed by atoms with Gasteiger partial charge >= 0.3 is 6.18 Å². The van der Waals surface area contributed by atoms with Crippen LogP contribution < -0.4 is 5.32 Å². The van der Waals surface area contributed by atoms with Crippen LogP contribution in [0.4, 0.5) is 13.2 Å². The summed E-state index contributed by atoms with van der Waals surface area (Å²) in [5, 5.41) is 2.64. The van der Waals surface area contributed by atoms with E-state index in [9.17, 15) is 18.0 Å². The van der Waals surface area contributed by atoms with Crippen molar-refractivity contribution < 1.29 is 18.0 Å². The van der Waals surface area contributed by atoms with Crippen LogP contribution in [0.1, 0.15) is 42.3 Å². The number of alkyl halides is 3. The molecule has 1 fully saturated rings. The third kappa shape index (κ3) is 3.02. The summed E-state index contributed by atoms with van der Waals surface area (Å²) in [6, 6.07) is 0.788. The lowest BCUT2D eigenvalue weighted by Gasteiger charge is -2.09. The monoisotopic (exact) mass is 273 g/mol. The molecule has 0 aliphatic heterocycles. The van der Waals surface area contributed by atoms with Crippen molar-refractivity contribution in [3.63, 3.8) is 0 Å². The van der Waals surface area contributed by atoms with E-state index in [-0.39, 0.29) is 17.2 Å². The Morgan fingerprint density at radius 1 is 1.42 bits per heavy atom. The SMILES string of the molecule is Cc1cc(C(F)(F)F)nc(C(=O)N[C@H]2CC2(C)C)n1. The molecule has 1 atom stereocenters. The highest BCUT2D eigenvalue weighted by molar-refractivity contribution is 5.91. The van der Waals surface area contributed by atoms with E-state index in [0.717, 1.165) is 12.5 Å². The minimum absolute atomic E-state index is 0.00760. The number of carbonyl (C=O) groups is 1. The summed E-state index contributed by atoms with van der Waals surface area (Å²) in [4.78, 5) is 18.8. The molecule has 4 nitrogen and oxygen atoms in total. The van der Waals surface area contributed by atoms with Crippen LogP contribution in [-0.2, 0) is 6.18 Å². The maximum atomic E-state index is 12.6. The number of amides is 1. The molecule has 1 heterocycles. The van der Waals surface area contributed by atoms with Crippen LogP contribution in [0.3, 0.4) is 0 Å². The van der Waals surface area contributed by atoms with Crippen LogP contribution in [0.15, 0.2) is 6.07 Å². The Labute approximate surface area is 108 Å². The lowest BCUT2D eigenvalue weighted by Crippen LogP contribution is -2.30. The van der Waals surface area contributed by atoms with Gasteiger partial charge in [0.1, 0.15) is 5.69 Å². The van der Waals surface area contributed by atoms with E-state index >= 15 is 0 Å². The molecule has 0 aromatic carbocycles. The second-order valence-corrected chi connectivity index (χ2v) is 5.43. The van der Waals surface area contributed by atoms with Crippen LogP contribution in [-0.4, -0.2) is 21.9 Å². The Hall–Kier alpha value is -1.66. The first kappa shape index (κ1) is 13.8. The van der Waals surface area contributed by atoms with Crippen molar-refractivity contribution in [2.24, 2.45) is 5.41 Å². The van der Waals surface area contributed by atoms with E-state index in [1.54, 1.807) is 0 Å². The summed E-state index contributed by atoms with van der Waals surface area (Å²) < 4.78 is 37.8. The third-order valence-electron chi connectivity index (χ3n) is 3.17. The number of hydrogen-bond donors (Lipinski definition) is 1. The van der Waals surface area contributed by atoms with Crippen molar-refractivity contribution in [1.29, 1.82) is 0 Å². The van der Waals surface area contributed by atoms with E-state index in [1.807, 2.05) is 13.8 Å². The highest BCUT2D eigenvalue weighted by Crippen LogP contribution is 2.44. The normalized spacial score (nSPS) is 21.1. The zero-order chi connectivity index (χ0) is 14.4. The van der Waals surface area contributed by atoms with Crippen molar-refractivity contribution in [2.75, 3.05) is 0 Å². The van der Waals surface area contributed by atoms with Crippen molar-refractivity contribution in [3.8, 4) is 0 Å². The first-order valence-corrected chi connectivity index (χ1v) is 5.83. The summed E-state index contributed by atoms with van der Waals surface area (Å²) >= 11 is 0. The number of nitrogens with one attached hydrogen (secondary N) is 1. The molecule has 1 aromatic rings. The largest absolute Gasteiger partial charge is 0.433 e. The van der Waals surface area contributed by atoms with Gasteiger partial charge in [0.25, 0.3) is 5.91 Å².